The Balaban J connectivity index is 2.85. The molecule has 0 aliphatic carbocycles. The lowest BCUT2D eigenvalue weighted by atomic mass is 10.1. The highest BCUT2D eigenvalue weighted by Crippen LogP contribution is 2.15. The van der Waals surface area contributed by atoms with Crippen LogP contribution in [0.2, 0.25) is 0 Å². The lowest BCUT2D eigenvalue weighted by Gasteiger charge is -2.10. The maximum Gasteiger partial charge on any atom is 0.315 e. The molecule has 4 heteroatoms. The summed E-state index contributed by atoms with van der Waals surface area (Å²) in [5.74, 6) is -0.257. The van der Waals surface area contributed by atoms with Crippen LogP contribution in [0.4, 0.5) is 0 Å². The summed E-state index contributed by atoms with van der Waals surface area (Å²) in [6.45, 7) is 0. The Labute approximate surface area is 82.5 Å². The van der Waals surface area contributed by atoms with Gasteiger partial charge in [0.1, 0.15) is 5.92 Å². The van der Waals surface area contributed by atoms with Crippen molar-refractivity contribution >= 4 is 18.6 Å². The fourth-order valence-electron chi connectivity index (χ4n) is 1.01. The van der Waals surface area contributed by atoms with E-state index in [0.29, 0.717) is 11.4 Å². The van der Waals surface area contributed by atoms with Crippen molar-refractivity contribution in [1.82, 2.24) is 4.98 Å². The molecule has 1 heterocycles. The number of esters is 1. The van der Waals surface area contributed by atoms with Crippen molar-refractivity contribution in [2.75, 3.05) is 12.9 Å². The lowest BCUT2D eigenvalue weighted by molar-refractivity contribution is -0.141. The number of hydrogen-bond acceptors (Lipinski definition) is 4. The molecule has 0 saturated heterocycles. The number of ether oxygens (including phenoxy) is 1. The Morgan fingerprint density at radius 3 is 2.92 bits per heavy atom. The summed E-state index contributed by atoms with van der Waals surface area (Å²) < 4.78 is 4.63. The summed E-state index contributed by atoms with van der Waals surface area (Å²) in [6, 6.07) is 5.43. The van der Waals surface area contributed by atoms with Gasteiger partial charge < -0.3 is 4.74 Å². The molecule has 0 spiro atoms. The van der Waals surface area contributed by atoms with Crippen molar-refractivity contribution in [1.29, 1.82) is 0 Å². The summed E-state index contributed by atoms with van der Waals surface area (Å²) in [6.07, 6.45) is 1.65. The van der Waals surface area contributed by atoms with Gasteiger partial charge in [0, 0.05) is 11.9 Å². The molecule has 1 aromatic heterocycles. The average molecular weight is 197 g/mol. The largest absolute Gasteiger partial charge is 0.468 e. The highest BCUT2D eigenvalue weighted by Gasteiger charge is 2.20. The van der Waals surface area contributed by atoms with E-state index in [9.17, 15) is 4.79 Å². The van der Waals surface area contributed by atoms with Gasteiger partial charge in [-0.3, -0.25) is 9.78 Å². The average Bonchev–Trinajstić information content (AvgIpc) is 2.20. The molecule has 0 radical (unpaired) electrons. The molecule has 0 aliphatic heterocycles. The monoisotopic (exact) mass is 197 g/mol. The Hall–Kier alpha value is -1.03. The highest BCUT2D eigenvalue weighted by molar-refractivity contribution is 7.80. The van der Waals surface area contributed by atoms with Crippen LogP contribution >= 0.6 is 12.6 Å². The minimum Gasteiger partial charge on any atom is -0.468 e. The normalized spacial score (nSPS) is 12.2. The van der Waals surface area contributed by atoms with Crippen LogP contribution in [0.25, 0.3) is 0 Å². The Morgan fingerprint density at radius 1 is 1.69 bits per heavy atom. The number of carbonyl (C=O) groups is 1. The first-order valence-electron chi connectivity index (χ1n) is 3.89. The van der Waals surface area contributed by atoms with Crippen molar-refractivity contribution in [3.8, 4) is 0 Å². The van der Waals surface area contributed by atoms with E-state index in [1.54, 1.807) is 18.3 Å². The van der Waals surface area contributed by atoms with Gasteiger partial charge in [-0.05, 0) is 12.1 Å². The Bertz CT molecular complexity index is 276. The van der Waals surface area contributed by atoms with Gasteiger partial charge in [-0.2, -0.15) is 12.6 Å². The number of aromatic nitrogens is 1. The smallest absolute Gasteiger partial charge is 0.315 e. The number of nitrogens with zero attached hydrogens (tertiary/aromatic N) is 1. The first-order valence-corrected chi connectivity index (χ1v) is 4.52. The molecule has 1 unspecified atom stereocenters. The van der Waals surface area contributed by atoms with Crippen molar-refractivity contribution in [3.63, 3.8) is 0 Å². The molecule has 0 aromatic carbocycles. The zero-order chi connectivity index (χ0) is 9.68. The van der Waals surface area contributed by atoms with Gasteiger partial charge in [0.15, 0.2) is 0 Å². The van der Waals surface area contributed by atoms with E-state index in [0.717, 1.165) is 0 Å². The van der Waals surface area contributed by atoms with Gasteiger partial charge in [-0.1, -0.05) is 6.07 Å². The van der Waals surface area contributed by atoms with E-state index in [1.165, 1.54) is 7.11 Å². The number of carbonyl (C=O) groups excluding carboxylic acids is 1. The molecule has 0 amide bonds. The van der Waals surface area contributed by atoms with Crippen LogP contribution in [0.1, 0.15) is 11.6 Å². The van der Waals surface area contributed by atoms with Crippen LogP contribution < -0.4 is 0 Å². The summed E-state index contributed by atoms with van der Waals surface area (Å²) in [7, 11) is 1.36. The quantitative estimate of drug-likeness (QED) is 0.586. The third kappa shape index (κ3) is 2.45. The Kier molecular flexibility index (Phi) is 3.76. The van der Waals surface area contributed by atoms with E-state index >= 15 is 0 Å². The molecule has 3 nitrogen and oxygen atoms in total. The third-order valence-corrected chi connectivity index (χ3v) is 2.08. The highest BCUT2D eigenvalue weighted by atomic mass is 32.1. The minimum atomic E-state index is -0.366. The SMILES string of the molecule is COC(=O)C(CS)c1ccccn1. The van der Waals surface area contributed by atoms with E-state index < -0.39 is 0 Å². The van der Waals surface area contributed by atoms with Gasteiger partial charge in [0.25, 0.3) is 0 Å². The van der Waals surface area contributed by atoms with Crippen molar-refractivity contribution in [2.45, 2.75) is 5.92 Å². The van der Waals surface area contributed by atoms with Crippen molar-refractivity contribution in [2.24, 2.45) is 0 Å². The van der Waals surface area contributed by atoms with E-state index in [-0.39, 0.29) is 11.9 Å². The first-order chi connectivity index (χ1) is 6.29. The number of methoxy groups -OCH3 is 1. The molecule has 1 aromatic rings. The standard InChI is InChI=1S/C9H11NO2S/c1-12-9(11)7(6-13)8-4-2-3-5-10-8/h2-5,7,13H,6H2,1H3. The van der Waals surface area contributed by atoms with Gasteiger partial charge in [-0.25, -0.2) is 0 Å². The van der Waals surface area contributed by atoms with Gasteiger partial charge in [0.05, 0.1) is 12.8 Å². The summed E-state index contributed by atoms with van der Waals surface area (Å²) in [5.41, 5.74) is 0.698. The van der Waals surface area contributed by atoms with E-state index in [1.807, 2.05) is 6.07 Å². The first kappa shape index (κ1) is 10.1. The Morgan fingerprint density at radius 2 is 2.46 bits per heavy atom. The zero-order valence-corrected chi connectivity index (χ0v) is 8.20. The molecular weight excluding hydrogens is 186 g/mol. The van der Waals surface area contributed by atoms with Crippen LogP contribution in [-0.2, 0) is 9.53 Å². The predicted octanol–water partition coefficient (Wildman–Crippen LogP) is 1.27. The molecule has 1 atom stereocenters. The van der Waals surface area contributed by atoms with Crippen LogP contribution in [-0.4, -0.2) is 23.8 Å². The third-order valence-electron chi connectivity index (χ3n) is 1.71. The fourth-order valence-corrected chi connectivity index (χ4v) is 1.35. The minimum absolute atomic E-state index is 0.297. The molecule has 0 fully saturated rings. The molecule has 70 valence electrons. The van der Waals surface area contributed by atoms with Gasteiger partial charge in [0.2, 0.25) is 0 Å². The van der Waals surface area contributed by atoms with Crippen LogP contribution in [0.15, 0.2) is 24.4 Å². The molecule has 0 saturated carbocycles. The topological polar surface area (TPSA) is 39.2 Å². The number of pyridine rings is 1. The van der Waals surface area contributed by atoms with Crippen molar-refractivity contribution in [3.05, 3.63) is 30.1 Å². The number of hydrogen-bond donors (Lipinski definition) is 1. The maximum atomic E-state index is 11.2. The predicted molar refractivity (Wildman–Crippen MR) is 52.8 cm³/mol. The van der Waals surface area contributed by atoms with Crippen LogP contribution in [0.3, 0.4) is 0 Å². The van der Waals surface area contributed by atoms with Crippen molar-refractivity contribution < 1.29 is 9.53 Å². The van der Waals surface area contributed by atoms with Gasteiger partial charge >= 0.3 is 5.97 Å². The molecule has 1 rings (SSSR count). The fraction of sp³-hybridized carbons (Fsp3) is 0.333. The van der Waals surface area contributed by atoms with Gasteiger partial charge in [-0.15, -0.1) is 0 Å². The molecule has 13 heavy (non-hydrogen) atoms. The molecule has 0 bridgehead atoms. The summed E-state index contributed by atoms with van der Waals surface area (Å²) in [5, 5.41) is 0. The lowest BCUT2D eigenvalue weighted by Crippen LogP contribution is -2.16. The number of thiol groups is 1. The summed E-state index contributed by atoms with van der Waals surface area (Å²) in [4.78, 5) is 15.3. The second kappa shape index (κ2) is 4.87. The van der Waals surface area contributed by atoms with Crippen LogP contribution in [0, 0.1) is 0 Å². The molecular formula is C9H11NO2S. The second-order valence-electron chi connectivity index (χ2n) is 2.51. The number of rotatable bonds is 3. The summed E-state index contributed by atoms with van der Waals surface area (Å²) >= 11 is 4.08. The molecule has 0 N–H and O–H groups in total. The zero-order valence-electron chi connectivity index (χ0n) is 7.30. The van der Waals surface area contributed by atoms with E-state index in [2.05, 4.69) is 22.3 Å². The van der Waals surface area contributed by atoms with E-state index in [4.69, 9.17) is 0 Å². The second-order valence-corrected chi connectivity index (χ2v) is 2.88. The van der Waals surface area contributed by atoms with Crippen LogP contribution in [0.5, 0.6) is 0 Å². The molecule has 0 aliphatic rings. The maximum absolute atomic E-state index is 11.2.